The zero-order valence-corrected chi connectivity index (χ0v) is 13.8. The summed E-state index contributed by atoms with van der Waals surface area (Å²) >= 11 is 3.18. The van der Waals surface area contributed by atoms with E-state index >= 15 is 0 Å². The van der Waals surface area contributed by atoms with Crippen molar-refractivity contribution in [3.05, 3.63) is 58.4 Å². The molecule has 3 rings (SSSR count). The van der Waals surface area contributed by atoms with Gasteiger partial charge in [0, 0.05) is 6.42 Å². The van der Waals surface area contributed by atoms with E-state index in [0.29, 0.717) is 11.6 Å². The molecule has 3 aromatic rings. The first-order chi connectivity index (χ1) is 10.7. The van der Waals surface area contributed by atoms with E-state index in [9.17, 15) is 4.79 Å². The summed E-state index contributed by atoms with van der Waals surface area (Å²) in [6, 6.07) is 12.2. The molecule has 0 fully saturated rings. The number of benzene rings is 1. The van der Waals surface area contributed by atoms with Gasteiger partial charge < -0.3 is 5.32 Å². The molecule has 22 heavy (non-hydrogen) atoms. The first kappa shape index (κ1) is 14.9. The van der Waals surface area contributed by atoms with Gasteiger partial charge in [0.05, 0.1) is 10.6 Å². The van der Waals surface area contributed by atoms with Gasteiger partial charge in [0.15, 0.2) is 5.13 Å². The van der Waals surface area contributed by atoms with Crippen LogP contribution >= 0.6 is 22.7 Å². The number of nitrogens with one attached hydrogen (secondary N) is 1. The minimum absolute atomic E-state index is 0.0135. The Labute approximate surface area is 137 Å². The van der Waals surface area contributed by atoms with Crippen LogP contribution in [0.5, 0.6) is 0 Å². The standard InChI is InChI=1S/C17H16N2OS2/c1-12-16(14-5-3-2-4-6-14)22-17(18-12)19-15(20)8-7-13-9-10-21-11-13/h2-6,9-11H,7-8H2,1H3,(H,18,19,20). The number of anilines is 1. The molecule has 0 aliphatic rings. The predicted molar refractivity (Wildman–Crippen MR) is 93.6 cm³/mol. The van der Waals surface area contributed by atoms with Gasteiger partial charge in [-0.3, -0.25) is 4.79 Å². The third kappa shape index (κ3) is 3.61. The molecule has 1 amide bonds. The summed E-state index contributed by atoms with van der Waals surface area (Å²) in [7, 11) is 0. The Kier molecular flexibility index (Phi) is 4.65. The fraction of sp³-hybridized carbons (Fsp3) is 0.176. The molecule has 0 atom stereocenters. The summed E-state index contributed by atoms with van der Waals surface area (Å²) in [6.07, 6.45) is 1.25. The van der Waals surface area contributed by atoms with E-state index in [2.05, 4.69) is 33.9 Å². The third-order valence-corrected chi connectivity index (χ3v) is 5.15. The molecule has 1 aromatic carbocycles. The van der Waals surface area contributed by atoms with E-state index in [-0.39, 0.29) is 5.91 Å². The largest absolute Gasteiger partial charge is 0.302 e. The summed E-state index contributed by atoms with van der Waals surface area (Å²) in [5, 5.41) is 7.69. The van der Waals surface area contributed by atoms with Crippen molar-refractivity contribution in [1.82, 2.24) is 4.98 Å². The number of hydrogen-bond donors (Lipinski definition) is 1. The van der Waals surface area contributed by atoms with Crippen molar-refractivity contribution in [2.24, 2.45) is 0 Å². The Hall–Kier alpha value is -1.98. The van der Waals surface area contributed by atoms with Crippen molar-refractivity contribution in [3.63, 3.8) is 0 Å². The molecule has 5 heteroatoms. The lowest BCUT2D eigenvalue weighted by atomic mass is 10.2. The maximum absolute atomic E-state index is 12.0. The lowest BCUT2D eigenvalue weighted by Crippen LogP contribution is -2.11. The van der Waals surface area contributed by atoms with Gasteiger partial charge in [0.2, 0.25) is 5.91 Å². The highest BCUT2D eigenvalue weighted by molar-refractivity contribution is 7.19. The molecule has 1 N–H and O–H groups in total. The Balaban J connectivity index is 1.64. The maximum Gasteiger partial charge on any atom is 0.226 e. The Bertz CT molecular complexity index is 748. The highest BCUT2D eigenvalue weighted by atomic mass is 32.1. The summed E-state index contributed by atoms with van der Waals surface area (Å²) < 4.78 is 0. The van der Waals surface area contributed by atoms with E-state index in [0.717, 1.165) is 22.6 Å². The number of thiophene rings is 1. The molecule has 0 spiro atoms. The van der Waals surface area contributed by atoms with E-state index in [4.69, 9.17) is 0 Å². The minimum Gasteiger partial charge on any atom is -0.302 e. The predicted octanol–water partition coefficient (Wildman–Crippen LogP) is 4.75. The average Bonchev–Trinajstić information content (AvgIpc) is 3.16. The first-order valence-corrected chi connectivity index (χ1v) is 8.82. The van der Waals surface area contributed by atoms with Gasteiger partial charge in [-0.2, -0.15) is 11.3 Å². The van der Waals surface area contributed by atoms with Crippen molar-refractivity contribution >= 4 is 33.7 Å². The molecule has 0 bridgehead atoms. The number of aryl methyl sites for hydroxylation is 2. The minimum atomic E-state index is 0.0135. The third-order valence-electron chi connectivity index (χ3n) is 3.30. The van der Waals surface area contributed by atoms with E-state index in [1.54, 1.807) is 11.3 Å². The zero-order valence-electron chi connectivity index (χ0n) is 12.2. The quantitative estimate of drug-likeness (QED) is 0.734. The SMILES string of the molecule is Cc1nc(NC(=O)CCc2ccsc2)sc1-c1ccccc1. The van der Waals surface area contributed by atoms with Gasteiger partial charge in [-0.15, -0.1) is 0 Å². The number of carbonyl (C=O) groups excluding carboxylic acids is 1. The first-order valence-electron chi connectivity index (χ1n) is 7.06. The number of rotatable bonds is 5. The van der Waals surface area contributed by atoms with Crippen molar-refractivity contribution in [1.29, 1.82) is 0 Å². The van der Waals surface area contributed by atoms with Crippen molar-refractivity contribution in [3.8, 4) is 10.4 Å². The van der Waals surface area contributed by atoms with Crippen LogP contribution in [-0.4, -0.2) is 10.9 Å². The molecule has 0 radical (unpaired) electrons. The number of carbonyl (C=O) groups is 1. The van der Waals surface area contributed by atoms with Gasteiger partial charge in [0.1, 0.15) is 0 Å². The number of amides is 1. The lowest BCUT2D eigenvalue weighted by Gasteiger charge is -2.00. The van der Waals surface area contributed by atoms with Gasteiger partial charge >= 0.3 is 0 Å². The van der Waals surface area contributed by atoms with Crippen LogP contribution in [-0.2, 0) is 11.2 Å². The summed E-state index contributed by atoms with van der Waals surface area (Å²) in [4.78, 5) is 17.6. The lowest BCUT2D eigenvalue weighted by molar-refractivity contribution is -0.116. The number of hydrogen-bond acceptors (Lipinski definition) is 4. The van der Waals surface area contributed by atoms with Crippen LogP contribution in [0.2, 0.25) is 0 Å². The maximum atomic E-state index is 12.0. The molecule has 0 unspecified atom stereocenters. The van der Waals surface area contributed by atoms with Crippen LogP contribution in [0, 0.1) is 6.92 Å². The molecule has 2 aromatic heterocycles. The van der Waals surface area contributed by atoms with Crippen LogP contribution in [0.3, 0.4) is 0 Å². The van der Waals surface area contributed by atoms with Crippen LogP contribution in [0.4, 0.5) is 5.13 Å². The monoisotopic (exact) mass is 328 g/mol. The normalized spacial score (nSPS) is 10.6. The summed E-state index contributed by atoms with van der Waals surface area (Å²) in [5.41, 5.74) is 3.29. The fourth-order valence-corrected chi connectivity index (χ4v) is 3.87. The zero-order chi connectivity index (χ0) is 15.4. The van der Waals surface area contributed by atoms with Crippen molar-refractivity contribution < 1.29 is 4.79 Å². The van der Waals surface area contributed by atoms with Crippen LogP contribution in [0.1, 0.15) is 17.7 Å². The van der Waals surface area contributed by atoms with Gasteiger partial charge in [0.25, 0.3) is 0 Å². The highest BCUT2D eigenvalue weighted by Crippen LogP contribution is 2.32. The molecule has 0 aliphatic heterocycles. The molecule has 2 heterocycles. The fourth-order valence-electron chi connectivity index (χ4n) is 2.18. The molecular formula is C17H16N2OS2. The molecule has 0 aliphatic carbocycles. The molecule has 0 saturated carbocycles. The van der Waals surface area contributed by atoms with E-state index < -0.39 is 0 Å². The second kappa shape index (κ2) is 6.85. The molecule has 3 nitrogen and oxygen atoms in total. The van der Waals surface area contributed by atoms with Crippen molar-refractivity contribution in [2.45, 2.75) is 19.8 Å². The molecular weight excluding hydrogens is 312 g/mol. The Morgan fingerprint density at radius 1 is 1.23 bits per heavy atom. The highest BCUT2D eigenvalue weighted by Gasteiger charge is 2.11. The average molecular weight is 328 g/mol. The van der Waals surface area contributed by atoms with Crippen LogP contribution < -0.4 is 5.32 Å². The van der Waals surface area contributed by atoms with Crippen LogP contribution in [0.25, 0.3) is 10.4 Å². The molecule has 112 valence electrons. The van der Waals surface area contributed by atoms with Crippen molar-refractivity contribution in [2.75, 3.05) is 5.32 Å². The summed E-state index contributed by atoms with van der Waals surface area (Å²) in [6.45, 7) is 1.97. The summed E-state index contributed by atoms with van der Waals surface area (Å²) in [5.74, 6) is 0.0135. The Morgan fingerprint density at radius 2 is 2.05 bits per heavy atom. The van der Waals surface area contributed by atoms with E-state index in [1.807, 2.05) is 30.5 Å². The number of aromatic nitrogens is 1. The van der Waals surface area contributed by atoms with Crippen LogP contribution in [0.15, 0.2) is 47.2 Å². The second-order valence-corrected chi connectivity index (χ2v) is 6.76. The second-order valence-electron chi connectivity index (χ2n) is 4.98. The Morgan fingerprint density at radius 3 is 2.77 bits per heavy atom. The van der Waals surface area contributed by atoms with Gasteiger partial charge in [-0.05, 0) is 41.3 Å². The van der Waals surface area contributed by atoms with Gasteiger partial charge in [-0.1, -0.05) is 41.7 Å². The number of thiazole rings is 1. The molecule has 0 saturated heterocycles. The number of nitrogens with zero attached hydrogens (tertiary/aromatic N) is 1. The topological polar surface area (TPSA) is 42.0 Å². The smallest absolute Gasteiger partial charge is 0.226 e. The van der Waals surface area contributed by atoms with E-state index in [1.165, 1.54) is 16.9 Å². The van der Waals surface area contributed by atoms with Gasteiger partial charge in [-0.25, -0.2) is 4.98 Å².